The number of hydrogen-bond acceptors (Lipinski definition) is 8. The molecule has 0 unspecified atom stereocenters. The van der Waals surface area contributed by atoms with Gasteiger partial charge in [0.15, 0.2) is 0 Å². The first kappa shape index (κ1) is 29.4. The minimum atomic E-state index is -5.17. The second-order valence-corrected chi connectivity index (χ2v) is 2.21. The molecule has 0 spiro atoms. The number of carboxylic acid groups (broad SMARTS) is 2. The van der Waals surface area contributed by atoms with Crippen molar-refractivity contribution < 1.29 is 73.9 Å². The molecule has 89 valence electrons. The van der Waals surface area contributed by atoms with E-state index in [0.29, 0.717) is 0 Å². The fraction of sp³-hybridized carbons (Fsp3) is 0.500. The van der Waals surface area contributed by atoms with E-state index in [9.17, 15) is 0 Å². The maximum atomic E-state index is 8.89. The molecule has 0 rings (SSSR count). The second-order valence-electron chi connectivity index (χ2n) is 1.39. The molecule has 0 heterocycles. The van der Waals surface area contributed by atoms with Crippen LogP contribution in [0.3, 0.4) is 0 Å². The molecule has 15 heavy (non-hydrogen) atoms. The maximum Gasteiger partial charge on any atom is 2.00 e. The van der Waals surface area contributed by atoms with Gasteiger partial charge in [0.25, 0.3) is 0 Å². The predicted octanol–water partition coefficient (Wildman–Crippen LogP) is -3.83. The molecule has 0 N–H and O–H groups in total. The fourth-order valence-electron chi connectivity index (χ4n) is 0. The normalized spacial score (nSPS) is 7.20. The van der Waals surface area contributed by atoms with E-state index in [2.05, 4.69) is 0 Å². The third-order valence-electron chi connectivity index (χ3n) is 0. The quantitative estimate of drug-likeness (QED) is 0.245. The van der Waals surface area contributed by atoms with Crippen molar-refractivity contribution in [1.29, 1.82) is 0 Å². The van der Waals surface area contributed by atoms with Crippen LogP contribution in [0.5, 0.6) is 0 Å². The first-order chi connectivity index (χ1) is 5.46. The molecule has 0 amide bonds. The van der Waals surface area contributed by atoms with Crippen molar-refractivity contribution in [2.24, 2.45) is 0 Å². The summed E-state index contributed by atoms with van der Waals surface area (Å²) in [6.45, 7) is 1.94. The van der Waals surface area contributed by atoms with E-state index in [0.717, 1.165) is 13.8 Å². The Balaban J connectivity index is -0.0000000315. The van der Waals surface area contributed by atoms with Gasteiger partial charge < -0.3 is 28.9 Å². The predicted molar refractivity (Wildman–Crippen MR) is 31.8 cm³/mol. The van der Waals surface area contributed by atoms with Gasteiger partial charge in [0.2, 0.25) is 0 Å². The van der Waals surface area contributed by atoms with Crippen molar-refractivity contribution in [3.05, 3.63) is 0 Å². The molecule has 0 fully saturated rings. The summed E-state index contributed by atoms with van der Waals surface area (Å²) >= 11 is 0. The van der Waals surface area contributed by atoms with Gasteiger partial charge in [-0.2, -0.15) is 0 Å². The van der Waals surface area contributed by atoms with Gasteiger partial charge in [0, 0.05) is 22.3 Å². The molecule has 1 radical (unpaired) electrons. The Morgan fingerprint density at radius 2 is 0.933 bits per heavy atom. The Morgan fingerprint density at radius 1 is 0.933 bits per heavy atom. The topological polar surface area (TPSA) is 161 Å². The largest absolute Gasteiger partial charge is 2.00 e. The van der Waals surface area contributed by atoms with E-state index in [1.807, 2.05) is 0 Å². The monoisotopic (exact) mass is 341 g/mol. The van der Waals surface area contributed by atoms with Gasteiger partial charge in [-0.15, -0.1) is 0 Å². The maximum absolute atomic E-state index is 8.89. The average Bonchev–Trinajstić information content (AvgIpc) is 1.50. The van der Waals surface area contributed by atoms with Crippen LogP contribution in [0.15, 0.2) is 0 Å². The Hall–Kier alpha value is -0.0471. The fourth-order valence-corrected chi connectivity index (χ4v) is 0. The number of rotatable bonds is 0. The second kappa shape index (κ2) is 16.4. The number of carbonyl (C=O) groups is 2. The van der Waals surface area contributed by atoms with E-state index in [4.69, 9.17) is 37.3 Å². The first-order valence-corrected chi connectivity index (χ1v) is 3.82. The van der Waals surface area contributed by atoms with Crippen LogP contribution in [0.2, 0.25) is 0 Å². The molecule has 0 aliphatic heterocycles. The third-order valence-corrected chi connectivity index (χ3v) is 0. The van der Waals surface area contributed by atoms with Crippen LogP contribution in [0.1, 0.15) is 13.8 Å². The Bertz CT molecular complexity index is 221. The van der Waals surface area contributed by atoms with Crippen molar-refractivity contribution in [2.75, 3.05) is 0 Å². The number of carboxylic acids is 2. The molecular formula is C4H6CuO8SZn. The molecule has 8 nitrogen and oxygen atoms in total. The molecule has 0 aliphatic rings. The molecule has 0 aromatic carbocycles. The van der Waals surface area contributed by atoms with Gasteiger partial charge in [-0.1, -0.05) is 0 Å². The molecule has 0 atom stereocenters. The first-order valence-electron chi connectivity index (χ1n) is 2.48. The smallest absolute Gasteiger partial charge is 0.759 e. The summed E-state index contributed by atoms with van der Waals surface area (Å²) in [6.07, 6.45) is 0. The van der Waals surface area contributed by atoms with Crippen LogP contribution in [-0.2, 0) is 56.5 Å². The van der Waals surface area contributed by atoms with Gasteiger partial charge in [-0.3, -0.25) is 8.42 Å². The Morgan fingerprint density at radius 3 is 0.933 bits per heavy atom. The molecular weight excluding hydrogens is 337 g/mol. The zero-order valence-corrected chi connectivity index (χ0v) is 12.4. The average molecular weight is 343 g/mol. The summed E-state index contributed by atoms with van der Waals surface area (Å²) in [4.78, 5) is 17.8. The number of carbonyl (C=O) groups excluding carboxylic acids is 2. The summed E-state index contributed by atoms with van der Waals surface area (Å²) in [5.74, 6) is -2.17. The van der Waals surface area contributed by atoms with E-state index in [-0.39, 0.29) is 36.5 Å². The van der Waals surface area contributed by atoms with Crippen molar-refractivity contribution in [1.82, 2.24) is 0 Å². The Labute approximate surface area is 110 Å². The third kappa shape index (κ3) is 897000. The summed E-state index contributed by atoms with van der Waals surface area (Å²) in [5.41, 5.74) is 0. The van der Waals surface area contributed by atoms with Crippen molar-refractivity contribution in [3.63, 3.8) is 0 Å². The molecule has 0 aromatic rings. The minimum Gasteiger partial charge on any atom is -0.759 e. The summed E-state index contributed by atoms with van der Waals surface area (Å²) < 4.78 is 34.1. The molecule has 0 aromatic heterocycles. The van der Waals surface area contributed by atoms with Crippen LogP contribution in [0, 0.1) is 0 Å². The molecule has 0 saturated carbocycles. The molecule has 0 saturated heterocycles. The van der Waals surface area contributed by atoms with E-state index < -0.39 is 22.3 Å². The Kier molecular flexibility index (Phi) is 32.1. The number of hydrogen-bond donors (Lipinski definition) is 0. The van der Waals surface area contributed by atoms with Crippen LogP contribution < -0.4 is 10.2 Å². The van der Waals surface area contributed by atoms with E-state index in [1.165, 1.54) is 0 Å². The molecule has 0 aliphatic carbocycles. The molecule has 0 bridgehead atoms. The van der Waals surface area contributed by atoms with Gasteiger partial charge >= 0.3 is 36.5 Å². The van der Waals surface area contributed by atoms with Crippen LogP contribution in [0.25, 0.3) is 0 Å². The summed E-state index contributed by atoms with van der Waals surface area (Å²) in [5, 5.41) is 17.8. The van der Waals surface area contributed by atoms with Crippen LogP contribution >= 0.6 is 0 Å². The van der Waals surface area contributed by atoms with Crippen LogP contribution in [-0.4, -0.2) is 29.5 Å². The van der Waals surface area contributed by atoms with Crippen LogP contribution in [0.4, 0.5) is 0 Å². The van der Waals surface area contributed by atoms with Crippen molar-refractivity contribution in [3.8, 4) is 0 Å². The standard InChI is InChI=1S/2C2H4O2.Cu.H2O4S.Zn/c2*1-2(3)4;;1-5(2,3)4;/h2*1H3,(H,3,4);;(H2,1,2,3,4);/q;;+2;;+2/p-4. The zero-order chi connectivity index (χ0) is 11.7. The van der Waals surface area contributed by atoms with Gasteiger partial charge in [-0.05, 0) is 13.8 Å². The van der Waals surface area contributed by atoms with Gasteiger partial charge in [0.1, 0.15) is 0 Å². The van der Waals surface area contributed by atoms with E-state index >= 15 is 0 Å². The minimum absolute atomic E-state index is 0. The van der Waals surface area contributed by atoms with Crippen molar-refractivity contribution in [2.45, 2.75) is 13.8 Å². The summed E-state index contributed by atoms with van der Waals surface area (Å²) in [6, 6.07) is 0. The zero-order valence-electron chi connectivity index (χ0n) is 7.68. The van der Waals surface area contributed by atoms with Crippen molar-refractivity contribution >= 4 is 22.3 Å². The van der Waals surface area contributed by atoms with E-state index in [1.54, 1.807) is 0 Å². The number of aliphatic carboxylic acids is 2. The van der Waals surface area contributed by atoms with Gasteiger partial charge in [-0.25, -0.2) is 0 Å². The SMILES string of the molecule is CC(=O)[O-].CC(=O)[O-].O=S(=O)([O-])[O-].[Cu+2].[Zn+2]. The summed E-state index contributed by atoms with van der Waals surface area (Å²) in [7, 11) is -5.17. The molecule has 11 heteroatoms. The van der Waals surface area contributed by atoms with Gasteiger partial charge in [0.05, 0.1) is 0 Å².